The van der Waals surface area contributed by atoms with E-state index < -0.39 is 10.0 Å². The zero-order valence-electron chi connectivity index (χ0n) is 13.1. The number of aromatic nitrogens is 1. The summed E-state index contributed by atoms with van der Waals surface area (Å²) in [4.78, 5) is 16.4. The van der Waals surface area contributed by atoms with Crippen LogP contribution in [-0.4, -0.2) is 42.7 Å². The van der Waals surface area contributed by atoms with E-state index in [-0.39, 0.29) is 11.9 Å². The van der Waals surface area contributed by atoms with Crippen molar-refractivity contribution < 1.29 is 13.2 Å². The van der Waals surface area contributed by atoms with Gasteiger partial charge in [-0.2, -0.15) is 4.31 Å². The number of nitrogens with zero attached hydrogens (tertiary/aromatic N) is 2. The van der Waals surface area contributed by atoms with Gasteiger partial charge in [0.05, 0.1) is 10.5 Å². The van der Waals surface area contributed by atoms with Crippen LogP contribution in [0.25, 0.3) is 0 Å². The van der Waals surface area contributed by atoms with Crippen LogP contribution in [0.4, 0.5) is 0 Å². The van der Waals surface area contributed by atoms with Crippen LogP contribution in [0.2, 0.25) is 0 Å². The smallest absolute Gasteiger partial charge is 0.253 e. The number of nitrogens with one attached hydrogen (secondary N) is 1. The summed E-state index contributed by atoms with van der Waals surface area (Å²) in [6.45, 7) is 0.796. The summed E-state index contributed by atoms with van der Waals surface area (Å²) in [5, 5.41) is 2.95. The van der Waals surface area contributed by atoms with E-state index in [1.807, 2.05) is 0 Å². The maximum absolute atomic E-state index is 12.6. The number of carbonyl (C=O) groups is 1. The molecule has 0 radical (unpaired) electrons. The van der Waals surface area contributed by atoms with Crippen LogP contribution in [0, 0.1) is 0 Å². The van der Waals surface area contributed by atoms with Gasteiger partial charge in [0.1, 0.15) is 0 Å². The molecule has 2 heterocycles. The van der Waals surface area contributed by atoms with Crippen LogP contribution in [0.3, 0.4) is 0 Å². The maximum Gasteiger partial charge on any atom is 0.253 e. The van der Waals surface area contributed by atoms with Gasteiger partial charge in [0, 0.05) is 31.5 Å². The number of hydrogen-bond donors (Lipinski definition) is 1. The molecule has 3 rings (SSSR count). The number of benzene rings is 1. The second kappa shape index (κ2) is 7.11. The summed E-state index contributed by atoms with van der Waals surface area (Å²) in [5.41, 5.74) is 0.511. The molecule has 1 aromatic heterocycles. The highest BCUT2D eigenvalue weighted by Crippen LogP contribution is 2.20. The van der Waals surface area contributed by atoms with Gasteiger partial charge >= 0.3 is 0 Å². The molecule has 0 unspecified atom stereocenters. The van der Waals surface area contributed by atoms with E-state index in [9.17, 15) is 13.2 Å². The summed E-state index contributed by atoms with van der Waals surface area (Å²) in [7, 11) is -3.46. The number of rotatable bonds is 4. The van der Waals surface area contributed by atoms with Gasteiger partial charge in [0.15, 0.2) is 0 Å². The second-order valence-corrected chi connectivity index (χ2v) is 7.64. The third-order valence-electron chi connectivity index (χ3n) is 4.09. The van der Waals surface area contributed by atoms with Crippen molar-refractivity contribution in [3.05, 3.63) is 60.4 Å². The van der Waals surface area contributed by atoms with E-state index in [1.54, 1.807) is 48.7 Å². The minimum absolute atomic E-state index is 0.0278. The molecule has 1 amide bonds. The highest BCUT2D eigenvalue weighted by Gasteiger charge is 2.29. The Morgan fingerprint density at radius 2 is 1.79 bits per heavy atom. The van der Waals surface area contributed by atoms with Crippen LogP contribution in [-0.2, 0) is 10.0 Å². The summed E-state index contributed by atoms with van der Waals surface area (Å²) in [5.74, 6) is -0.174. The Labute approximate surface area is 141 Å². The van der Waals surface area contributed by atoms with Crippen molar-refractivity contribution in [1.82, 2.24) is 14.6 Å². The van der Waals surface area contributed by atoms with Crippen molar-refractivity contribution in [2.24, 2.45) is 0 Å². The van der Waals surface area contributed by atoms with Gasteiger partial charge in [0.2, 0.25) is 10.0 Å². The first-order chi connectivity index (χ1) is 11.6. The minimum Gasteiger partial charge on any atom is -0.349 e. The average Bonchev–Trinajstić information content (AvgIpc) is 2.63. The van der Waals surface area contributed by atoms with E-state index >= 15 is 0 Å². The molecule has 1 aromatic carbocycles. The topological polar surface area (TPSA) is 79.4 Å². The normalized spacial score (nSPS) is 16.7. The lowest BCUT2D eigenvalue weighted by Gasteiger charge is -2.31. The van der Waals surface area contributed by atoms with E-state index in [0.29, 0.717) is 36.4 Å². The fourth-order valence-corrected chi connectivity index (χ4v) is 4.24. The summed E-state index contributed by atoms with van der Waals surface area (Å²) >= 11 is 0. The zero-order valence-corrected chi connectivity index (χ0v) is 13.9. The third kappa shape index (κ3) is 3.63. The van der Waals surface area contributed by atoms with Gasteiger partial charge in [-0.05, 0) is 37.1 Å². The van der Waals surface area contributed by atoms with Gasteiger partial charge < -0.3 is 5.32 Å². The van der Waals surface area contributed by atoms with E-state index in [0.717, 1.165) is 0 Å². The molecular formula is C17H19N3O3S. The molecule has 1 saturated heterocycles. The Bertz CT molecular complexity index is 786. The Morgan fingerprint density at radius 3 is 2.42 bits per heavy atom. The first-order valence-electron chi connectivity index (χ1n) is 7.83. The molecule has 1 aliphatic rings. The molecule has 0 saturated carbocycles. The molecule has 1 aliphatic heterocycles. The highest BCUT2D eigenvalue weighted by atomic mass is 32.2. The number of carbonyl (C=O) groups excluding carboxylic acids is 1. The molecule has 1 N–H and O–H groups in total. The number of piperidine rings is 1. The fourth-order valence-electron chi connectivity index (χ4n) is 2.75. The van der Waals surface area contributed by atoms with Crippen molar-refractivity contribution in [2.75, 3.05) is 13.1 Å². The van der Waals surface area contributed by atoms with Crippen molar-refractivity contribution in [2.45, 2.75) is 23.8 Å². The molecule has 6 nitrogen and oxygen atoms in total. The van der Waals surface area contributed by atoms with E-state index in [4.69, 9.17) is 0 Å². The minimum atomic E-state index is -3.46. The largest absolute Gasteiger partial charge is 0.349 e. The number of hydrogen-bond acceptors (Lipinski definition) is 4. The molecule has 24 heavy (non-hydrogen) atoms. The second-order valence-electron chi connectivity index (χ2n) is 5.71. The van der Waals surface area contributed by atoms with Gasteiger partial charge in [-0.3, -0.25) is 9.78 Å². The number of sulfonamides is 1. The van der Waals surface area contributed by atoms with E-state index in [1.165, 1.54) is 10.5 Å². The molecule has 2 aromatic rings. The van der Waals surface area contributed by atoms with Crippen LogP contribution >= 0.6 is 0 Å². The first kappa shape index (κ1) is 16.6. The number of pyridine rings is 1. The van der Waals surface area contributed by atoms with Gasteiger partial charge in [0.25, 0.3) is 5.91 Å². The molecule has 0 bridgehead atoms. The van der Waals surface area contributed by atoms with Crippen LogP contribution in [0.5, 0.6) is 0 Å². The summed E-state index contributed by atoms with van der Waals surface area (Å²) in [6, 6.07) is 11.8. The molecule has 0 aliphatic carbocycles. The zero-order chi connectivity index (χ0) is 17.0. The monoisotopic (exact) mass is 345 g/mol. The lowest BCUT2D eigenvalue weighted by atomic mass is 10.1. The molecule has 7 heteroatoms. The van der Waals surface area contributed by atoms with Crippen LogP contribution in [0.15, 0.2) is 59.8 Å². The Balaban J connectivity index is 1.59. The Morgan fingerprint density at radius 1 is 1.08 bits per heavy atom. The lowest BCUT2D eigenvalue weighted by Crippen LogP contribution is -2.46. The predicted octanol–water partition coefficient (Wildman–Crippen LogP) is 1.66. The molecular weight excluding hydrogens is 326 g/mol. The van der Waals surface area contributed by atoms with Gasteiger partial charge in [-0.25, -0.2) is 8.42 Å². The first-order valence-corrected chi connectivity index (χ1v) is 9.27. The maximum atomic E-state index is 12.6. The van der Waals surface area contributed by atoms with Crippen LogP contribution in [0.1, 0.15) is 23.2 Å². The quantitative estimate of drug-likeness (QED) is 0.914. The van der Waals surface area contributed by atoms with Gasteiger partial charge in [-0.15, -0.1) is 0 Å². The molecule has 0 spiro atoms. The van der Waals surface area contributed by atoms with Crippen molar-refractivity contribution in [1.29, 1.82) is 0 Å². The fraction of sp³-hybridized carbons (Fsp3) is 0.294. The predicted molar refractivity (Wildman–Crippen MR) is 89.9 cm³/mol. The van der Waals surface area contributed by atoms with Gasteiger partial charge in [-0.1, -0.05) is 18.2 Å². The van der Waals surface area contributed by atoms with Crippen molar-refractivity contribution in [3.8, 4) is 0 Å². The average molecular weight is 345 g/mol. The van der Waals surface area contributed by atoms with Crippen LogP contribution < -0.4 is 5.32 Å². The van der Waals surface area contributed by atoms with Crippen molar-refractivity contribution in [3.63, 3.8) is 0 Å². The molecule has 126 valence electrons. The SMILES string of the molecule is O=C(NC1CCN(S(=O)(=O)c2ccccc2)CC1)c1cccnc1. The lowest BCUT2D eigenvalue weighted by molar-refractivity contribution is 0.0923. The molecule has 0 atom stereocenters. The van der Waals surface area contributed by atoms with Crippen molar-refractivity contribution >= 4 is 15.9 Å². The summed E-state index contributed by atoms with van der Waals surface area (Å²) in [6.07, 6.45) is 4.32. The standard InChI is InChI=1S/C17H19N3O3S/c21-17(14-5-4-10-18-13-14)19-15-8-11-20(12-9-15)24(22,23)16-6-2-1-3-7-16/h1-7,10,13,15H,8-9,11-12H2,(H,19,21). The highest BCUT2D eigenvalue weighted by molar-refractivity contribution is 7.89. The Hall–Kier alpha value is -2.25. The number of amides is 1. The molecule has 1 fully saturated rings. The van der Waals surface area contributed by atoms with E-state index in [2.05, 4.69) is 10.3 Å². The third-order valence-corrected chi connectivity index (χ3v) is 6.01. The summed E-state index contributed by atoms with van der Waals surface area (Å²) < 4.78 is 26.6. The Kier molecular flexibility index (Phi) is 4.92.